The fraction of sp³-hybridized carbons (Fsp3) is 0.0556. The average Bonchev–Trinajstić information content (AvgIpc) is 2.50. The summed E-state index contributed by atoms with van der Waals surface area (Å²) in [5, 5.41) is 2.02. The van der Waals surface area contributed by atoms with E-state index in [1.165, 1.54) is 0 Å². The molecule has 1 nitrogen and oxygen atoms in total. The minimum Gasteiger partial charge on any atom is -0.289 e. The van der Waals surface area contributed by atoms with E-state index >= 15 is 0 Å². The number of rotatable bonds is 2. The van der Waals surface area contributed by atoms with Crippen molar-refractivity contribution in [3.63, 3.8) is 0 Å². The van der Waals surface area contributed by atoms with Crippen LogP contribution in [-0.2, 0) is 0 Å². The summed E-state index contributed by atoms with van der Waals surface area (Å²) in [5.41, 5.74) is 2.54. The number of fused-ring (bicyclic) bond motifs is 1. The zero-order chi connectivity index (χ0) is 15.0. The second-order valence-electron chi connectivity index (χ2n) is 4.93. The molecule has 0 atom stereocenters. The second-order valence-corrected chi connectivity index (χ2v) is 6.64. The minimum atomic E-state index is 0.0411. The molecule has 3 aromatic rings. The maximum absolute atomic E-state index is 12.8. The molecule has 0 amide bonds. The predicted molar refractivity (Wildman–Crippen MR) is 94.0 cm³/mol. The molecule has 104 valence electrons. The molecule has 0 heterocycles. The maximum Gasteiger partial charge on any atom is 0.193 e. The number of benzene rings is 3. The summed E-state index contributed by atoms with van der Waals surface area (Å²) in [6.07, 6.45) is 0. The fourth-order valence-electron chi connectivity index (χ4n) is 2.35. The quantitative estimate of drug-likeness (QED) is 0.486. The molecular weight excluding hydrogens is 392 g/mol. The van der Waals surface area contributed by atoms with E-state index in [9.17, 15) is 4.79 Å². The molecule has 0 saturated carbocycles. The smallest absolute Gasteiger partial charge is 0.193 e. The van der Waals surface area contributed by atoms with Crippen LogP contribution in [0.2, 0.25) is 0 Å². The van der Waals surface area contributed by atoms with E-state index in [0.717, 1.165) is 30.8 Å². The van der Waals surface area contributed by atoms with Gasteiger partial charge in [0, 0.05) is 20.1 Å². The highest BCUT2D eigenvalue weighted by Gasteiger charge is 2.14. The van der Waals surface area contributed by atoms with Gasteiger partial charge < -0.3 is 0 Å². The lowest BCUT2D eigenvalue weighted by atomic mass is 9.97. The van der Waals surface area contributed by atoms with E-state index in [-0.39, 0.29) is 5.78 Å². The third-order valence-corrected chi connectivity index (χ3v) is 5.10. The van der Waals surface area contributed by atoms with Crippen LogP contribution in [0, 0.1) is 6.92 Å². The molecule has 0 aliphatic heterocycles. The van der Waals surface area contributed by atoms with E-state index in [4.69, 9.17) is 0 Å². The maximum atomic E-state index is 12.8. The van der Waals surface area contributed by atoms with E-state index < -0.39 is 0 Å². The zero-order valence-corrected chi connectivity index (χ0v) is 14.5. The Balaban J connectivity index is 2.18. The van der Waals surface area contributed by atoms with Crippen molar-refractivity contribution >= 4 is 48.4 Å². The van der Waals surface area contributed by atoms with Gasteiger partial charge in [-0.3, -0.25) is 4.79 Å². The van der Waals surface area contributed by atoms with Gasteiger partial charge in [0.25, 0.3) is 0 Å². The molecule has 3 rings (SSSR count). The molecule has 0 aromatic heterocycles. The summed E-state index contributed by atoms with van der Waals surface area (Å²) in [6.45, 7) is 2.01. The van der Waals surface area contributed by atoms with Gasteiger partial charge in [0.05, 0.1) is 0 Å². The van der Waals surface area contributed by atoms with Gasteiger partial charge in [-0.1, -0.05) is 68.3 Å². The van der Waals surface area contributed by atoms with Crippen LogP contribution in [0.1, 0.15) is 21.5 Å². The molecule has 3 aromatic carbocycles. The molecule has 0 unspecified atom stereocenters. The summed E-state index contributed by atoms with van der Waals surface area (Å²) in [4.78, 5) is 12.8. The summed E-state index contributed by atoms with van der Waals surface area (Å²) < 4.78 is 1.95. The normalized spacial score (nSPS) is 10.8. The van der Waals surface area contributed by atoms with Crippen LogP contribution < -0.4 is 0 Å². The van der Waals surface area contributed by atoms with Crippen molar-refractivity contribution in [2.45, 2.75) is 6.92 Å². The van der Waals surface area contributed by atoms with Crippen molar-refractivity contribution in [1.29, 1.82) is 0 Å². The van der Waals surface area contributed by atoms with Gasteiger partial charge in [-0.2, -0.15) is 0 Å². The van der Waals surface area contributed by atoms with Crippen molar-refractivity contribution in [3.05, 3.63) is 80.2 Å². The molecule has 0 aliphatic rings. The van der Waals surface area contributed by atoms with E-state index in [1.807, 2.05) is 61.5 Å². The van der Waals surface area contributed by atoms with Crippen LogP contribution in [0.5, 0.6) is 0 Å². The molecule has 0 saturated heterocycles. The van der Waals surface area contributed by atoms with Gasteiger partial charge in [0.15, 0.2) is 5.78 Å². The molecule has 0 spiro atoms. The number of hydrogen-bond acceptors (Lipinski definition) is 1. The Hall–Kier alpha value is -1.45. The molecule has 0 bridgehead atoms. The van der Waals surface area contributed by atoms with Crippen molar-refractivity contribution in [2.75, 3.05) is 0 Å². The van der Waals surface area contributed by atoms with Crippen LogP contribution in [0.15, 0.2) is 63.5 Å². The molecule has 21 heavy (non-hydrogen) atoms. The molecule has 0 fully saturated rings. The molecular formula is C18H12Br2O. The summed E-state index contributed by atoms with van der Waals surface area (Å²) in [6, 6.07) is 17.5. The molecule has 3 heteroatoms. The van der Waals surface area contributed by atoms with Crippen LogP contribution >= 0.6 is 31.9 Å². The Kier molecular flexibility index (Phi) is 3.96. The first-order valence-corrected chi connectivity index (χ1v) is 8.14. The third-order valence-electron chi connectivity index (χ3n) is 3.55. The number of hydrogen-bond donors (Lipinski definition) is 0. The summed E-state index contributed by atoms with van der Waals surface area (Å²) in [5.74, 6) is 0.0411. The summed E-state index contributed by atoms with van der Waals surface area (Å²) in [7, 11) is 0. The van der Waals surface area contributed by atoms with Crippen LogP contribution in [0.3, 0.4) is 0 Å². The molecule has 0 radical (unpaired) electrons. The number of carbonyl (C=O) groups is 1. The Morgan fingerprint density at radius 2 is 1.57 bits per heavy atom. The van der Waals surface area contributed by atoms with Crippen molar-refractivity contribution < 1.29 is 4.79 Å². The Bertz CT molecular complexity index is 853. The lowest BCUT2D eigenvalue weighted by Crippen LogP contribution is -2.02. The lowest BCUT2D eigenvalue weighted by molar-refractivity contribution is 0.104. The zero-order valence-electron chi connectivity index (χ0n) is 11.4. The van der Waals surface area contributed by atoms with Crippen LogP contribution in [0.25, 0.3) is 10.8 Å². The van der Waals surface area contributed by atoms with E-state index in [0.29, 0.717) is 5.56 Å². The largest absolute Gasteiger partial charge is 0.289 e. The lowest BCUT2D eigenvalue weighted by Gasteiger charge is -2.08. The van der Waals surface area contributed by atoms with Gasteiger partial charge in [0.2, 0.25) is 0 Å². The van der Waals surface area contributed by atoms with Crippen molar-refractivity contribution in [3.8, 4) is 0 Å². The van der Waals surface area contributed by atoms with Gasteiger partial charge in [-0.25, -0.2) is 0 Å². The first-order chi connectivity index (χ1) is 10.1. The van der Waals surface area contributed by atoms with Crippen molar-refractivity contribution in [2.24, 2.45) is 0 Å². The number of carbonyl (C=O) groups excluding carboxylic acids is 1. The number of ketones is 1. The predicted octanol–water partition coefficient (Wildman–Crippen LogP) is 5.90. The molecule has 0 N–H and O–H groups in total. The highest BCUT2D eigenvalue weighted by atomic mass is 79.9. The monoisotopic (exact) mass is 402 g/mol. The van der Waals surface area contributed by atoms with Gasteiger partial charge in [0.1, 0.15) is 0 Å². The Morgan fingerprint density at radius 3 is 2.29 bits per heavy atom. The Labute approximate surface area is 140 Å². The second kappa shape index (κ2) is 5.74. The topological polar surface area (TPSA) is 17.1 Å². The van der Waals surface area contributed by atoms with Gasteiger partial charge in [-0.15, -0.1) is 0 Å². The fourth-order valence-corrected chi connectivity index (χ4v) is 3.21. The van der Waals surface area contributed by atoms with Crippen LogP contribution in [-0.4, -0.2) is 5.78 Å². The molecule has 0 aliphatic carbocycles. The van der Waals surface area contributed by atoms with Gasteiger partial charge in [-0.05, 0) is 41.5 Å². The highest BCUT2D eigenvalue weighted by Crippen LogP contribution is 2.29. The SMILES string of the molecule is Cc1ccc(C(=O)c2ccc(Br)c3ccccc23)cc1Br. The number of aryl methyl sites for hydroxylation is 1. The average molecular weight is 404 g/mol. The van der Waals surface area contributed by atoms with Crippen LogP contribution in [0.4, 0.5) is 0 Å². The highest BCUT2D eigenvalue weighted by molar-refractivity contribution is 9.11. The van der Waals surface area contributed by atoms with Gasteiger partial charge >= 0.3 is 0 Å². The minimum absolute atomic E-state index is 0.0411. The number of halogens is 2. The third kappa shape index (κ3) is 2.68. The standard InChI is InChI=1S/C18H12Br2O/c1-11-6-7-12(10-17(11)20)18(21)15-8-9-16(19)14-5-3-2-4-13(14)15/h2-10H,1H3. The Morgan fingerprint density at radius 1 is 0.857 bits per heavy atom. The first kappa shape index (κ1) is 14.5. The van der Waals surface area contributed by atoms with E-state index in [2.05, 4.69) is 31.9 Å². The first-order valence-electron chi connectivity index (χ1n) is 6.56. The summed E-state index contributed by atoms with van der Waals surface area (Å²) >= 11 is 7.03. The van der Waals surface area contributed by atoms with E-state index in [1.54, 1.807) is 0 Å². The van der Waals surface area contributed by atoms with Crippen molar-refractivity contribution in [1.82, 2.24) is 0 Å².